The van der Waals surface area contributed by atoms with Gasteiger partial charge in [0.05, 0.1) is 6.54 Å². The lowest BCUT2D eigenvalue weighted by molar-refractivity contribution is 0.0900. The first kappa shape index (κ1) is 25.0. The quantitative estimate of drug-likeness (QED) is 0.455. The van der Waals surface area contributed by atoms with Gasteiger partial charge in [0.2, 0.25) is 0 Å². The second-order valence-corrected chi connectivity index (χ2v) is 9.88. The topological polar surface area (TPSA) is 46.1 Å². The Kier molecular flexibility index (Phi) is 10.3. The number of aliphatic imine (C=N–C) groups is 1. The van der Waals surface area contributed by atoms with E-state index in [0.29, 0.717) is 18.5 Å². The molecule has 1 aromatic carbocycles. The van der Waals surface area contributed by atoms with E-state index in [1.54, 1.807) is 0 Å². The van der Waals surface area contributed by atoms with E-state index in [-0.39, 0.29) is 0 Å². The molecule has 1 aromatic rings. The van der Waals surface area contributed by atoms with Crippen molar-refractivity contribution in [1.29, 1.82) is 0 Å². The van der Waals surface area contributed by atoms with Crippen LogP contribution in [0.25, 0.3) is 0 Å². The maximum Gasteiger partial charge on any atom is 0.191 e. The highest BCUT2D eigenvalue weighted by molar-refractivity contribution is 5.79. The Morgan fingerprint density at radius 1 is 0.906 bits per heavy atom. The second kappa shape index (κ2) is 13.2. The van der Waals surface area contributed by atoms with Crippen molar-refractivity contribution < 1.29 is 0 Å². The number of hydrogen-bond donors (Lipinski definition) is 2. The molecule has 6 nitrogen and oxygen atoms in total. The van der Waals surface area contributed by atoms with E-state index in [2.05, 4.69) is 77.4 Å². The fourth-order valence-corrected chi connectivity index (χ4v) is 4.78. The first-order valence-corrected chi connectivity index (χ1v) is 12.8. The van der Waals surface area contributed by atoms with Gasteiger partial charge in [-0.05, 0) is 56.9 Å². The highest BCUT2D eigenvalue weighted by Gasteiger charge is 2.25. The Morgan fingerprint density at radius 3 is 2.19 bits per heavy atom. The number of guanidine groups is 1. The molecular formula is C26H46N6. The van der Waals surface area contributed by atoms with Gasteiger partial charge in [-0.15, -0.1) is 0 Å². The fourth-order valence-electron chi connectivity index (χ4n) is 4.78. The zero-order valence-corrected chi connectivity index (χ0v) is 20.9. The summed E-state index contributed by atoms with van der Waals surface area (Å²) in [5, 5.41) is 7.05. The van der Waals surface area contributed by atoms with Gasteiger partial charge in [0, 0.05) is 51.9 Å². The molecular weight excluding hydrogens is 396 g/mol. The minimum absolute atomic E-state index is 0.529. The molecule has 6 heteroatoms. The summed E-state index contributed by atoms with van der Waals surface area (Å²) in [6.45, 7) is 17.5. The van der Waals surface area contributed by atoms with E-state index in [0.717, 1.165) is 51.8 Å². The molecule has 1 atom stereocenters. The highest BCUT2D eigenvalue weighted by Crippen LogP contribution is 2.15. The molecule has 2 aliphatic rings. The summed E-state index contributed by atoms with van der Waals surface area (Å²) in [5.74, 6) is 1.53. The molecule has 180 valence electrons. The molecule has 0 spiro atoms. The smallest absolute Gasteiger partial charge is 0.191 e. The summed E-state index contributed by atoms with van der Waals surface area (Å²) in [5.41, 5.74) is 2.68. The van der Waals surface area contributed by atoms with Crippen LogP contribution in [0.3, 0.4) is 0 Å². The van der Waals surface area contributed by atoms with Gasteiger partial charge in [-0.1, -0.05) is 44.5 Å². The molecule has 0 radical (unpaired) electrons. The molecule has 0 aliphatic carbocycles. The van der Waals surface area contributed by atoms with Crippen molar-refractivity contribution >= 4 is 5.96 Å². The van der Waals surface area contributed by atoms with Crippen molar-refractivity contribution in [2.75, 3.05) is 59.4 Å². The first-order valence-electron chi connectivity index (χ1n) is 12.8. The van der Waals surface area contributed by atoms with Crippen LogP contribution in [-0.4, -0.2) is 86.1 Å². The lowest BCUT2D eigenvalue weighted by Crippen LogP contribution is -2.55. The first-order chi connectivity index (χ1) is 15.5. The molecule has 0 bridgehead atoms. The highest BCUT2D eigenvalue weighted by atomic mass is 15.3. The number of likely N-dealkylation sites (N-methyl/N-ethyl adjacent to an activating group) is 1. The van der Waals surface area contributed by atoms with Crippen LogP contribution in [-0.2, 0) is 13.1 Å². The molecule has 0 aromatic heterocycles. The predicted molar refractivity (Wildman–Crippen MR) is 136 cm³/mol. The van der Waals surface area contributed by atoms with E-state index in [1.165, 1.54) is 43.5 Å². The van der Waals surface area contributed by atoms with E-state index >= 15 is 0 Å². The molecule has 0 saturated carbocycles. The number of hydrogen-bond acceptors (Lipinski definition) is 4. The molecule has 2 heterocycles. The lowest BCUT2D eigenvalue weighted by atomic mass is 10.0. The van der Waals surface area contributed by atoms with Crippen molar-refractivity contribution in [2.45, 2.75) is 59.2 Å². The Morgan fingerprint density at radius 2 is 1.56 bits per heavy atom. The monoisotopic (exact) mass is 442 g/mol. The van der Waals surface area contributed by atoms with Gasteiger partial charge in [-0.2, -0.15) is 0 Å². The van der Waals surface area contributed by atoms with E-state index in [4.69, 9.17) is 4.99 Å². The van der Waals surface area contributed by atoms with E-state index in [9.17, 15) is 0 Å². The molecule has 2 aliphatic heterocycles. The van der Waals surface area contributed by atoms with Crippen LogP contribution in [0, 0.1) is 5.92 Å². The van der Waals surface area contributed by atoms with Gasteiger partial charge >= 0.3 is 0 Å². The molecule has 3 rings (SSSR count). The Balaban J connectivity index is 1.52. The van der Waals surface area contributed by atoms with Crippen LogP contribution >= 0.6 is 0 Å². The lowest BCUT2D eigenvalue weighted by Gasteiger charge is -2.40. The Bertz CT molecular complexity index is 672. The van der Waals surface area contributed by atoms with Crippen molar-refractivity contribution in [3.8, 4) is 0 Å². The van der Waals surface area contributed by atoms with E-state index in [1.807, 2.05) is 0 Å². The third-order valence-electron chi connectivity index (χ3n) is 6.90. The van der Waals surface area contributed by atoms with Gasteiger partial charge in [0.1, 0.15) is 0 Å². The maximum absolute atomic E-state index is 4.87. The molecule has 2 fully saturated rings. The zero-order chi connectivity index (χ0) is 22.8. The zero-order valence-electron chi connectivity index (χ0n) is 20.9. The minimum atomic E-state index is 0.529. The Labute approximate surface area is 196 Å². The summed E-state index contributed by atoms with van der Waals surface area (Å²) in [6, 6.07) is 9.58. The van der Waals surface area contributed by atoms with Crippen LogP contribution in [0.1, 0.15) is 51.2 Å². The van der Waals surface area contributed by atoms with E-state index < -0.39 is 0 Å². The van der Waals surface area contributed by atoms with Gasteiger partial charge < -0.3 is 15.5 Å². The summed E-state index contributed by atoms with van der Waals surface area (Å²) < 4.78 is 0. The fraction of sp³-hybridized carbons (Fsp3) is 0.731. The molecule has 0 amide bonds. The normalized spacial score (nSPS) is 20.5. The third-order valence-corrected chi connectivity index (χ3v) is 6.90. The van der Waals surface area contributed by atoms with Crippen LogP contribution in [0.2, 0.25) is 0 Å². The molecule has 2 N–H and O–H groups in total. The summed E-state index contributed by atoms with van der Waals surface area (Å²) >= 11 is 0. The number of nitrogens with one attached hydrogen (secondary N) is 2. The second-order valence-electron chi connectivity index (χ2n) is 9.88. The number of piperidine rings is 1. The summed E-state index contributed by atoms with van der Waals surface area (Å²) in [7, 11) is 2.22. The molecule has 1 unspecified atom stereocenters. The van der Waals surface area contributed by atoms with Crippen LogP contribution in [0.5, 0.6) is 0 Å². The minimum Gasteiger partial charge on any atom is -0.357 e. The van der Waals surface area contributed by atoms with Gasteiger partial charge in [-0.3, -0.25) is 9.80 Å². The van der Waals surface area contributed by atoms with Crippen molar-refractivity contribution in [3.63, 3.8) is 0 Å². The average molecular weight is 443 g/mol. The number of likely N-dealkylation sites (tertiary alicyclic amines) is 1. The van der Waals surface area contributed by atoms with Crippen LogP contribution in [0.15, 0.2) is 29.3 Å². The van der Waals surface area contributed by atoms with Gasteiger partial charge in [-0.25, -0.2) is 4.99 Å². The molecule has 32 heavy (non-hydrogen) atoms. The SMILES string of the molecule is CCNC(=NCc1ccc(CN2CCCCC2)cc1)NCC(C(C)C)N1CCN(C)CC1. The average Bonchev–Trinajstić information content (AvgIpc) is 2.80. The predicted octanol–water partition coefficient (Wildman–Crippen LogP) is 3.00. The summed E-state index contributed by atoms with van der Waals surface area (Å²) in [4.78, 5) is 12.5. The third kappa shape index (κ3) is 8.05. The maximum atomic E-state index is 4.87. The summed E-state index contributed by atoms with van der Waals surface area (Å²) in [6.07, 6.45) is 4.09. The largest absolute Gasteiger partial charge is 0.357 e. The standard InChI is InChI=1S/C26H46N6/c1-5-27-26(29-20-25(22(2)3)32-17-15-30(4)16-18-32)28-19-23-9-11-24(12-10-23)21-31-13-7-6-8-14-31/h9-12,22,25H,5-8,13-21H2,1-4H3,(H2,27,28,29). The van der Waals surface area contributed by atoms with Crippen LogP contribution < -0.4 is 10.6 Å². The molecule has 2 saturated heterocycles. The Hall–Kier alpha value is -1.63. The van der Waals surface area contributed by atoms with Crippen molar-refractivity contribution in [2.24, 2.45) is 10.9 Å². The number of benzene rings is 1. The number of rotatable bonds is 9. The number of piperazine rings is 1. The van der Waals surface area contributed by atoms with Crippen LogP contribution in [0.4, 0.5) is 0 Å². The van der Waals surface area contributed by atoms with Crippen molar-refractivity contribution in [1.82, 2.24) is 25.3 Å². The van der Waals surface area contributed by atoms with Crippen molar-refractivity contribution in [3.05, 3.63) is 35.4 Å². The van der Waals surface area contributed by atoms with Gasteiger partial charge in [0.25, 0.3) is 0 Å². The van der Waals surface area contributed by atoms with Gasteiger partial charge in [0.15, 0.2) is 5.96 Å². The number of nitrogens with zero attached hydrogens (tertiary/aromatic N) is 4.